The highest BCUT2D eigenvalue weighted by molar-refractivity contribution is 5.29. The summed E-state index contributed by atoms with van der Waals surface area (Å²) in [6, 6.07) is 7.51. The number of hydrogen-bond donors (Lipinski definition) is 3. The second kappa shape index (κ2) is 4.46. The molecule has 0 amide bonds. The van der Waals surface area contributed by atoms with Gasteiger partial charge in [-0.3, -0.25) is 0 Å². The van der Waals surface area contributed by atoms with Gasteiger partial charge in [0, 0.05) is 24.6 Å². The summed E-state index contributed by atoms with van der Waals surface area (Å²) in [6.45, 7) is 0. The summed E-state index contributed by atoms with van der Waals surface area (Å²) in [6.07, 6.45) is 3.67. The van der Waals surface area contributed by atoms with Crippen LogP contribution >= 0.6 is 0 Å². The number of H-pyrrole nitrogens is 1. The maximum atomic E-state index is 9.25. The third kappa shape index (κ3) is 2.24. The van der Waals surface area contributed by atoms with Crippen molar-refractivity contribution >= 4 is 0 Å². The summed E-state index contributed by atoms with van der Waals surface area (Å²) in [5.41, 5.74) is 9.46. The summed E-state index contributed by atoms with van der Waals surface area (Å²) in [7, 11) is 0. The highest BCUT2D eigenvalue weighted by Gasteiger charge is 2.19. The van der Waals surface area contributed by atoms with Crippen molar-refractivity contribution < 1.29 is 5.11 Å². The Morgan fingerprint density at radius 1 is 1.33 bits per heavy atom. The van der Waals surface area contributed by atoms with Crippen molar-refractivity contribution in [1.82, 2.24) is 9.97 Å². The standard InChI is InChI=1S/C14H17N3O/c15-10-3-6-12-13(8-10)17-14(16-12)7-9-1-4-11(18)5-2-9/h1-2,4-5,10,18H,3,6-8,15H2,(H,16,17). The van der Waals surface area contributed by atoms with Gasteiger partial charge >= 0.3 is 0 Å². The smallest absolute Gasteiger partial charge is 0.115 e. The zero-order valence-electron chi connectivity index (χ0n) is 10.2. The van der Waals surface area contributed by atoms with Crippen molar-refractivity contribution in [2.45, 2.75) is 31.7 Å². The molecule has 1 heterocycles. The van der Waals surface area contributed by atoms with Gasteiger partial charge in [0.2, 0.25) is 0 Å². The van der Waals surface area contributed by atoms with Crippen LogP contribution in [0.4, 0.5) is 0 Å². The molecule has 1 aliphatic carbocycles. The largest absolute Gasteiger partial charge is 0.508 e. The Labute approximate surface area is 106 Å². The number of aromatic amines is 1. The minimum Gasteiger partial charge on any atom is -0.508 e. The highest BCUT2D eigenvalue weighted by atomic mass is 16.3. The molecular formula is C14H17N3O. The number of benzene rings is 1. The molecule has 2 aromatic rings. The molecule has 0 saturated carbocycles. The summed E-state index contributed by atoms with van der Waals surface area (Å²) in [5, 5.41) is 9.25. The van der Waals surface area contributed by atoms with Crippen molar-refractivity contribution in [3.8, 4) is 5.75 Å². The first-order valence-corrected chi connectivity index (χ1v) is 6.31. The number of aromatic nitrogens is 2. The maximum absolute atomic E-state index is 9.25. The van der Waals surface area contributed by atoms with Crippen LogP contribution in [-0.4, -0.2) is 21.1 Å². The fraction of sp³-hybridized carbons (Fsp3) is 0.357. The maximum Gasteiger partial charge on any atom is 0.115 e. The third-order valence-corrected chi connectivity index (χ3v) is 3.44. The molecule has 94 valence electrons. The molecule has 1 aromatic carbocycles. The van der Waals surface area contributed by atoms with Gasteiger partial charge < -0.3 is 15.8 Å². The van der Waals surface area contributed by atoms with Crippen LogP contribution in [0.2, 0.25) is 0 Å². The van der Waals surface area contributed by atoms with E-state index >= 15 is 0 Å². The average molecular weight is 243 g/mol. The quantitative estimate of drug-likeness (QED) is 0.748. The molecule has 4 heteroatoms. The number of fused-ring (bicyclic) bond motifs is 1. The molecule has 3 rings (SSSR count). The first-order chi connectivity index (χ1) is 8.70. The summed E-state index contributed by atoms with van der Waals surface area (Å²) < 4.78 is 0. The van der Waals surface area contributed by atoms with Crippen LogP contribution in [0, 0.1) is 0 Å². The van der Waals surface area contributed by atoms with E-state index in [-0.39, 0.29) is 6.04 Å². The number of imidazole rings is 1. The van der Waals surface area contributed by atoms with Gasteiger partial charge in [0.1, 0.15) is 11.6 Å². The lowest BCUT2D eigenvalue weighted by Crippen LogP contribution is -2.27. The number of phenolic OH excluding ortho intramolecular Hbond substituents is 1. The molecule has 0 fully saturated rings. The number of nitrogens with two attached hydrogens (primary N) is 1. The molecule has 0 saturated heterocycles. The molecule has 1 atom stereocenters. The Balaban J connectivity index is 1.79. The van der Waals surface area contributed by atoms with Crippen molar-refractivity contribution in [3.05, 3.63) is 47.0 Å². The second-order valence-corrected chi connectivity index (χ2v) is 4.95. The van der Waals surface area contributed by atoms with Gasteiger partial charge in [-0.05, 0) is 30.5 Å². The number of nitrogens with one attached hydrogen (secondary N) is 1. The number of aryl methyl sites for hydroxylation is 1. The summed E-state index contributed by atoms with van der Waals surface area (Å²) >= 11 is 0. The molecule has 4 N–H and O–H groups in total. The molecule has 0 radical (unpaired) electrons. The number of aromatic hydroxyl groups is 1. The second-order valence-electron chi connectivity index (χ2n) is 4.95. The zero-order valence-corrected chi connectivity index (χ0v) is 10.2. The molecule has 18 heavy (non-hydrogen) atoms. The number of rotatable bonds is 2. The third-order valence-electron chi connectivity index (χ3n) is 3.44. The van der Waals surface area contributed by atoms with Gasteiger partial charge in [0.25, 0.3) is 0 Å². The Kier molecular flexibility index (Phi) is 2.80. The van der Waals surface area contributed by atoms with Crippen LogP contribution in [-0.2, 0) is 19.3 Å². The lowest BCUT2D eigenvalue weighted by Gasteiger charge is -2.15. The van der Waals surface area contributed by atoms with E-state index in [2.05, 4.69) is 9.97 Å². The van der Waals surface area contributed by atoms with E-state index in [9.17, 15) is 5.11 Å². The van der Waals surface area contributed by atoms with Gasteiger partial charge in [-0.25, -0.2) is 4.98 Å². The van der Waals surface area contributed by atoms with E-state index in [4.69, 9.17) is 5.73 Å². The Morgan fingerprint density at radius 2 is 2.11 bits per heavy atom. The lowest BCUT2D eigenvalue weighted by atomic mass is 9.97. The molecule has 0 spiro atoms. The van der Waals surface area contributed by atoms with Gasteiger partial charge in [-0.1, -0.05) is 12.1 Å². The van der Waals surface area contributed by atoms with Crippen LogP contribution in [0.3, 0.4) is 0 Å². The van der Waals surface area contributed by atoms with Crippen LogP contribution in [0.15, 0.2) is 24.3 Å². The molecule has 1 aliphatic rings. The number of phenols is 1. The molecule has 1 aromatic heterocycles. The van der Waals surface area contributed by atoms with E-state index in [1.165, 1.54) is 11.4 Å². The Bertz CT molecular complexity index is 545. The Hall–Kier alpha value is -1.81. The minimum atomic E-state index is 0.263. The van der Waals surface area contributed by atoms with Gasteiger partial charge in [0.05, 0.1) is 5.69 Å². The highest BCUT2D eigenvalue weighted by Crippen LogP contribution is 2.20. The SMILES string of the molecule is NC1CCc2nc(Cc3ccc(O)cc3)[nH]c2C1. The molecule has 0 aliphatic heterocycles. The van der Waals surface area contributed by atoms with Crippen molar-refractivity contribution in [3.63, 3.8) is 0 Å². The van der Waals surface area contributed by atoms with E-state index in [0.717, 1.165) is 37.1 Å². The predicted octanol–water partition coefficient (Wildman–Crippen LogP) is 1.52. The van der Waals surface area contributed by atoms with E-state index < -0.39 is 0 Å². The fourth-order valence-electron chi connectivity index (χ4n) is 2.46. The molecule has 4 nitrogen and oxygen atoms in total. The van der Waals surface area contributed by atoms with Crippen LogP contribution < -0.4 is 5.73 Å². The average Bonchev–Trinajstić information content (AvgIpc) is 2.73. The normalized spacial score (nSPS) is 18.6. The molecular weight excluding hydrogens is 226 g/mol. The first-order valence-electron chi connectivity index (χ1n) is 6.31. The monoisotopic (exact) mass is 243 g/mol. The number of hydrogen-bond acceptors (Lipinski definition) is 3. The van der Waals surface area contributed by atoms with Gasteiger partial charge in [0.15, 0.2) is 0 Å². The first kappa shape index (κ1) is 11.3. The molecule has 0 bridgehead atoms. The fourth-order valence-corrected chi connectivity index (χ4v) is 2.46. The zero-order chi connectivity index (χ0) is 12.5. The minimum absolute atomic E-state index is 0.263. The molecule has 1 unspecified atom stereocenters. The van der Waals surface area contributed by atoms with Crippen LogP contribution in [0.1, 0.15) is 29.2 Å². The van der Waals surface area contributed by atoms with E-state index in [1.807, 2.05) is 12.1 Å². The Morgan fingerprint density at radius 3 is 2.89 bits per heavy atom. The summed E-state index contributed by atoms with van der Waals surface area (Å²) in [4.78, 5) is 8.00. The van der Waals surface area contributed by atoms with E-state index in [0.29, 0.717) is 5.75 Å². The number of nitrogens with zero attached hydrogens (tertiary/aromatic N) is 1. The van der Waals surface area contributed by atoms with E-state index in [1.54, 1.807) is 12.1 Å². The van der Waals surface area contributed by atoms with Crippen LogP contribution in [0.5, 0.6) is 5.75 Å². The van der Waals surface area contributed by atoms with Crippen molar-refractivity contribution in [1.29, 1.82) is 0 Å². The topological polar surface area (TPSA) is 74.9 Å². The van der Waals surface area contributed by atoms with Crippen LogP contribution in [0.25, 0.3) is 0 Å². The van der Waals surface area contributed by atoms with Gasteiger partial charge in [-0.2, -0.15) is 0 Å². The summed E-state index contributed by atoms with van der Waals surface area (Å²) in [5.74, 6) is 1.28. The van der Waals surface area contributed by atoms with Crippen molar-refractivity contribution in [2.75, 3.05) is 0 Å². The predicted molar refractivity (Wildman–Crippen MR) is 69.5 cm³/mol. The lowest BCUT2D eigenvalue weighted by molar-refractivity contribution is 0.475. The van der Waals surface area contributed by atoms with Crippen molar-refractivity contribution in [2.24, 2.45) is 5.73 Å². The van der Waals surface area contributed by atoms with Gasteiger partial charge in [-0.15, -0.1) is 0 Å².